The SMILES string of the molecule is N#CCC1(CS(=O)c2cc(F)ccc2N)CC1. The second-order valence-corrected chi connectivity index (χ2v) is 5.93. The molecule has 0 radical (unpaired) electrons. The number of rotatable bonds is 4. The molecular weight excluding hydrogens is 239 g/mol. The fourth-order valence-corrected chi connectivity index (χ4v) is 3.46. The summed E-state index contributed by atoms with van der Waals surface area (Å²) < 4.78 is 25.2. The van der Waals surface area contributed by atoms with E-state index < -0.39 is 16.6 Å². The highest BCUT2D eigenvalue weighted by Gasteiger charge is 2.44. The molecule has 2 rings (SSSR count). The van der Waals surface area contributed by atoms with Crippen LogP contribution in [0.2, 0.25) is 0 Å². The normalized spacial score (nSPS) is 18.4. The van der Waals surface area contributed by atoms with Gasteiger partial charge in [0, 0.05) is 17.9 Å². The predicted molar refractivity (Wildman–Crippen MR) is 64.0 cm³/mol. The monoisotopic (exact) mass is 252 g/mol. The van der Waals surface area contributed by atoms with Crippen LogP contribution in [0.1, 0.15) is 19.3 Å². The molecule has 1 saturated carbocycles. The van der Waals surface area contributed by atoms with Gasteiger partial charge in [-0.05, 0) is 36.5 Å². The van der Waals surface area contributed by atoms with Crippen molar-refractivity contribution >= 4 is 16.5 Å². The Morgan fingerprint density at radius 1 is 1.53 bits per heavy atom. The average Bonchev–Trinajstić information content (AvgIpc) is 3.02. The number of hydrogen-bond donors (Lipinski definition) is 1. The lowest BCUT2D eigenvalue weighted by atomic mass is 10.1. The summed E-state index contributed by atoms with van der Waals surface area (Å²) >= 11 is 0. The van der Waals surface area contributed by atoms with Gasteiger partial charge in [0.15, 0.2) is 0 Å². The van der Waals surface area contributed by atoms with Crippen molar-refractivity contribution in [2.24, 2.45) is 5.41 Å². The number of nitrogens with two attached hydrogens (primary N) is 1. The molecule has 1 aromatic rings. The first-order valence-electron chi connectivity index (χ1n) is 5.37. The molecule has 0 amide bonds. The summed E-state index contributed by atoms with van der Waals surface area (Å²) in [5, 5.41) is 8.69. The van der Waals surface area contributed by atoms with E-state index in [-0.39, 0.29) is 5.41 Å². The van der Waals surface area contributed by atoms with Crippen molar-refractivity contribution in [3.63, 3.8) is 0 Å². The van der Waals surface area contributed by atoms with Crippen molar-refractivity contribution in [1.29, 1.82) is 5.26 Å². The maximum Gasteiger partial charge on any atom is 0.124 e. The fraction of sp³-hybridized carbons (Fsp3) is 0.417. The minimum absolute atomic E-state index is 0.127. The zero-order chi connectivity index (χ0) is 12.5. The van der Waals surface area contributed by atoms with Gasteiger partial charge in [-0.3, -0.25) is 4.21 Å². The Morgan fingerprint density at radius 2 is 2.24 bits per heavy atom. The third kappa shape index (κ3) is 2.64. The molecule has 17 heavy (non-hydrogen) atoms. The van der Waals surface area contributed by atoms with Gasteiger partial charge in [0.1, 0.15) is 5.82 Å². The lowest BCUT2D eigenvalue weighted by molar-refractivity contribution is 0.586. The zero-order valence-corrected chi connectivity index (χ0v) is 10.1. The van der Waals surface area contributed by atoms with Crippen molar-refractivity contribution in [1.82, 2.24) is 0 Å². The Morgan fingerprint density at radius 3 is 2.82 bits per heavy atom. The molecule has 0 saturated heterocycles. The Balaban J connectivity index is 2.15. The van der Waals surface area contributed by atoms with E-state index in [0.29, 0.717) is 22.8 Å². The first-order chi connectivity index (χ1) is 8.06. The van der Waals surface area contributed by atoms with Crippen LogP contribution < -0.4 is 5.73 Å². The van der Waals surface area contributed by atoms with Crippen LogP contribution in [-0.2, 0) is 10.8 Å². The van der Waals surface area contributed by atoms with Crippen molar-refractivity contribution in [2.45, 2.75) is 24.2 Å². The number of halogens is 1. The smallest absolute Gasteiger partial charge is 0.124 e. The maximum absolute atomic E-state index is 13.1. The van der Waals surface area contributed by atoms with E-state index in [1.54, 1.807) is 0 Å². The van der Waals surface area contributed by atoms with Gasteiger partial charge in [0.25, 0.3) is 0 Å². The molecule has 90 valence electrons. The second kappa shape index (κ2) is 4.46. The van der Waals surface area contributed by atoms with Crippen LogP contribution in [0.5, 0.6) is 0 Å². The van der Waals surface area contributed by atoms with Crippen LogP contribution in [0.25, 0.3) is 0 Å². The van der Waals surface area contributed by atoms with E-state index >= 15 is 0 Å². The maximum atomic E-state index is 13.1. The Bertz CT molecular complexity index is 506. The number of nitrogens with zero attached hydrogens (tertiary/aromatic N) is 1. The van der Waals surface area contributed by atoms with Gasteiger partial charge in [-0.1, -0.05) is 0 Å². The van der Waals surface area contributed by atoms with E-state index in [2.05, 4.69) is 6.07 Å². The number of anilines is 1. The quantitative estimate of drug-likeness (QED) is 0.835. The first kappa shape index (κ1) is 12.1. The largest absolute Gasteiger partial charge is 0.398 e. The van der Waals surface area contributed by atoms with E-state index in [9.17, 15) is 8.60 Å². The van der Waals surface area contributed by atoms with Gasteiger partial charge in [-0.15, -0.1) is 0 Å². The Hall–Kier alpha value is -1.41. The zero-order valence-electron chi connectivity index (χ0n) is 9.28. The van der Waals surface area contributed by atoms with Crippen molar-refractivity contribution in [3.8, 4) is 6.07 Å². The van der Waals surface area contributed by atoms with Crippen LogP contribution in [0.15, 0.2) is 23.1 Å². The molecule has 1 aliphatic rings. The summed E-state index contributed by atoms with van der Waals surface area (Å²) in [6.45, 7) is 0. The highest BCUT2D eigenvalue weighted by Crippen LogP contribution is 2.49. The second-order valence-electron chi connectivity index (χ2n) is 4.51. The molecule has 1 unspecified atom stereocenters. The molecule has 0 aromatic heterocycles. The Labute approximate surface area is 102 Å². The standard InChI is InChI=1S/C12H13FN2OS/c13-9-1-2-10(15)11(7-9)17(16)8-12(3-4-12)5-6-14/h1-2,7H,3-5,8,15H2. The number of nitriles is 1. The summed E-state index contributed by atoms with van der Waals surface area (Å²) in [6.07, 6.45) is 2.25. The number of hydrogen-bond acceptors (Lipinski definition) is 3. The van der Waals surface area contributed by atoms with Crippen LogP contribution in [-0.4, -0.2) is 9.96 Å². The van der Waals surface area contributed by atoms with Crippen LogP contribution >= 0.6 is 0 Å². The topological polar surface area (TPSA) is 66.9 Å². The summed E-state index contributed by atoms with van der Waals surface area (Å²) in [5.41, 5.74) is 5.90. The van der Waals surface area contributed by atoms with Crippen molar-refractivity contribution in [2.75, 3.05) is 11.5 Å². The van der Waals surface area contributed by atoms with Crippen LogP contribution in [0.3, 0.4) is 0 Å². The summed E-state index contributed by atoms with van der Waals surface area (Å²) in [4.78, 5) is 0.342. The minimum atomic E-state index is -1.33. The predicted octanol–water partition coefficient (Wildman–Crippen LogP) is 2.21. The fourth-order valence-electron chi connectivity index (χ4n) is 1.78. The van der Waals surface area contributed by atoms with E-state index in [1.807, 2.05) is 0 Å². The first-order valence-corrected chi connectivity index (χ1v) is 6.69. The molecule has 0 heterocycles. The third-order valence-corrected chi connectivity index (χ3v) is 4.79. The molecule has 3 nitrogen and oxygen atoms in total. The molecule has 5 heteroatoms. The minimum Gasteiger partial charge on any atom is -0.398 e. The lowest BCUT2D eigenvalue weighted by Gasteiger charge is -2.11. The molecule has 0 aliphatic heterocycles. The van der Waals surface area contributed by atoms with Gasteiger partial charge < -0.3 is 5.73 Å². The van der Waals surface area contributed by atoms with Gasteiger partial charge in [-0.25, -0.2) is 4.39 Å². The van der Waals surface area contributed by atoms with Gasteiger partial charge in [0.05, 0.1) is 21.8 Å². The number of benzene rings is 1. The highest BCUT2D eigenvalue weighted by atomic mass is 32.2. The van der Waals surface area contributed by atoms with Gasteiger partial charge in [0.2, 0.25) is 0 Å². The summed E-state index contributed by atoms with van der Waals surface area (Å²) in [5.74, 6) is -0.0403. The summed E-state index contributed by atoms with van der Waals surface area (Å²) in [7, 11) is -1.33. The third-order valence-electron chi connectivity index (χ3n) is 3.07. The molecule has 2 N–H and O–H groups in total. The highest BCUT2D eigenvalue weighted by molar-refractivity contribution is 7.85. The molecular formula is C12H13FN2OS. The van der Waals surface area contributed by atoms with Crippen molar-refractivity contribution in [3.05, 3.63) is 24.0 Å². The molecule has 1 atom stereocenters. The van der Waals surface area contributed by atoms with Crippen molar-refractivity contribution < 1.29 is 8.60 Å². The molecule has 0 spiro atoms. The van der Waals surface area contributed by atoms with E-state index in [4.69, 9.17) is 11.0 Å². The molecule has 1 fully saturated rings. The average molecular weight is 252 g/mol. The number of nitrogen functional groups attached to an aromatic ring is 1. The lowest BCUT2D eigenvalue weighted by Crippen LogP contribution is -2.13. The van der Waals surface area contributed by atoms with E-state index in [1.165, 1.54) is 18.2 Å². The molecule has 0 bridgehead atoms. The Kier molecular flexibility index (Phi) is 3.16. The van der Waals surface area contributed by atoms with Gasteiger partial charge in [-0.2, -0.15) is 5.26 Å². The summed E-state index contributed by atoms with van der Waals surface area (Å²) in [6, 6.07) is 6.00. The van der Waals surface area contributed by atoms with Crippen LogP contribution in [0, 0.1) is 22.6 Å². The molecule has 1 aliphatic carbocycles. The molecule has 1 aromatic carbocycles. The van der Waals surface area contributed by atoms with Gasteiger partial charge >= 0.3 is 0 Å². The van der Waals surface area contributed by atoms with Crippen LogP contribution in [0.4, 0.5) is 10.1 Å². The van der Waals surface area contributed by atoms with E-state index in [0.717, 1.165) is 12.8 Å².